The third kappa shape index (κ3) is 4.20. The Morgan fingerprint density at radius 1 is 1.17 bits per heavy atom. The molecular formula is C14H20N2O2. The summed E-state index contributed by atoms with van der Waals surface area (Å²) in [6, 6.07) is 9.99. The van der Waals surface area contributed by atoms with Gasteiger partial charge in [-0.15, -0.1) is 0 Å². The molecule has 98 valence electrons. The van der Waals surface area contributed by atoms with Crippen molar-refractivity contribution < 1.29 is 9.59 Å². The van der Waals surface area contributed by atoms with Crippen molar-refractivity contribution in [1.29, 1.82) is 0 Å². The maximum atomic E-state index is 10.9. The number of hydrogen-bond donors (Lipinski definition) is 0. The van der Waals surface area contributed by atoms with E-state index in [0.29, 0.717) is 13.1 Å². The molecule has 2 amide bonds. The van der Waals surface area contributed by atoms with Gasteiger partial charge in [0.25, 0.3) is 0 Å². The summed E-state index contributed by atoms with van der Waals surface area (Å²) in [4.78, 5) is 25.1. The summed E-state index contributed by atoms with van der Waals surface area (Å²) in [5.74, 6) is 0. The summed E-state index contributed by atoms with van der Waals surface area (Å²) in [7, 11) is 1.75. The maximum absolute atomic E-state index is 10.9. The van der Waals surface area contributed by atoms with Gasteiger partial charge in [0.2, 0.25) is 12.8 Å². The predicted octanol–water partition coefficient (Wildman–Crippen LogP) is 1.16. The molecule has 0 aromatic heterocycles. The van der Waals surface area contributed by atoms with Crippen LogP contribution in [0.15, 0.2) is 30.3 Å². The number of amides is 2. The highest BCUT2D eigenvalue weighted by atomic mass is 16.1. The Hall–Kier alpha value is -1.84. The number of benzene rings is 1. The van der Waals surface area contributed by atoms with Crippen molar-refractivity contribution in [2.75, 3.05) is 20.1 Å². The zero-order valence-electron chi connectivity index (χ0n) is 11.0. The van der Waals surface area contributed by atoms with Crippen LogP contribution >= 0.6 is 0 Å². The van der Waals surface area contributed by atoms with E-state index in [0.717, 1.165) is 24.8 Å². The van der Waals surface area contributed by atoms with Gasteiger partial charge in [-0.2, -0.15) is 0 Å². The Kier molecular flexibility index (Phi) is 5.91. The van der Waals surface area contributed by atoms with Gasteiger partial charge in [0.1, 0.15) is 0 Å². The lowest BCUT2D eigenvalue weighted by Crippen LogP contribution is -2.42. The van der Waals surface area contributed by atoms with Crippen LogP contribution < -0.4 is 0 Å². The highest BCUT2D eigenvalue weighted by molar-refractivity contribution is 5.49. The molecular weight excluding hydrogens is 228 g/mol. The highest BCUT2D eigenvalue weighted by Gasteiger charge is 2.16. The number of rotatable bonds is 8. The molecule has 0 saturated heterocycles. The van der Waals surface area contributed by atoms with Gasteiger partial charge < -0.3 is 9.80 Å². The van der Waals surface area contributed by atoms with E-state index < -0.39 is 0 Å². The summed E-state index contributed by atoms with van der Waals surface area (Å²) in [5, 5.41) is 0. The maximum Gasteiger partial charge on any atom is 0.209 e. The molecule has 0 saturated carbocycles. The molecule has 0 N–H and O–H groups in total. The second-order valence-electron chi connectivity index (χ2n) is 4.31. The van der Waals surface area contributed by atoms with Crippen molar-refractivity contribution in [1.82, 2.24) is 9.80 Å². The van der Waals surface area contributed by atoms with Gasteiger partial charge in [0, 0.05) is 20.1 Å². The van der Waals surface area contributed by atoms with Crippen molar-refractivity contribution in [2.45, 2.75) is 19.4 Å². The molecule has 0 fully saturated rings. The fourth-order valence-corrected chi connectivity index (χ4v) is 1.83. The Morgan fingerprint density at radius 2 is 1.83 bits per heavy atom. The molecule has 0 unspecified atom stereocenters. The number of hydrogen-bond acceptors (Lipinski definition) is 2. The van der Waals surface area contributed by atoms with Crippen molar-refractivity contribution in [3.8, 4) is 0 Å². The van der Waals surface area contributed by atoms with Gasteiger partial charge in [0.05, 0.1) is 6.04 Å². The van der Waals surface area contributed by atoms with Gasteiger partial charge >= 0.3 is 0 Å². The van der Waals surface area contributed by atoms with Crippen LogP contribution in [0.5, 0.6) is 0 Å². The molecule has 0 heterocycles. The minimum Gasteiger partial charge on any atom is -0.343 e. The van der Waals surface area contributed by atoms with Crippen LogP contribution in [-0.2, 0) is 16.0 Å². The van der Waals surface area contributed by atoms with Crippen LogP contribution in [0, 0.1) is 0 Å². The average molecular weight is 248 g/mol. The van der Waals surface area contributed by atoms with E-state index in [2.05, 4.69) is 0 Å². The van der Waals surface area contributed by atoms with Crippen molar-refractivity contribution >= 4 is 12.8 Å². The number of likely N-dealkylation sites (N-methyl/N-ethyl adjacent to an activating group) is 2. The lowest BCUT2D eigenvalue weighted by atomic mass is 10.0. The molecule has 1 aromatic rings. The van der Waals surface area contributed by atoms with Crippen LogP contribution in [0.4, 0.5) is 0 Å². The Labute approximate surface area is 108 Å². The van der Waals surface area contributed by atoms with Gasteiger partial charge in [-0.1, -0.05) is 30.3 Å². The largest absolute Gasteiger partial charge is 0.343 e. The van der Waals surface area contributed by atoms with E-state index in [1.54, 1.807) is 16.8 Å². The summed E-state index contributed by atoms with van der Waals surface area (Å²) in [6.45, 7) is 3.14. The monoisotopic (exact) mass is 248 g/mol. The Morgan fingerprint density at radius 3 is 2.33 bits per heavy atom. The number of carbonyl (C=O) groups is 2. The van der Waals surface area contributed by atoms with Crippen molar-refractivity contribution in [3.05, 3.63) is 35.9 Å². The zero-order valence-corrected chi connectivity index (χ0v) is 11.0. The van der Waals surface area contributed by atoms with E-state index in [-0.39, 0.29) is 6.04 Å². The minimum atomic E-state index is 0.00931. The topological polar surface area (TPSA) is 40.6 Å². The molecule has 0 spiro atoms. The highest BCUT2D eigenvalue weighted by Crippen LogP contribution is 2.08. The van der Waals surface area contributed by atoms with Gasteiger partial charge in [0.15, 0.2) is 0 Å². The first-order valence-electron chi connectivity index (χ1n) is 6.11. The third-order valence-electron chi connectivity index (χ3n) is 3.06. The molecule has 0 aliphatic rings. The quantitative estimate of drug-likeness (QED) is 0.648. The van der Waals surface area contributed by atoms with Gasteiger partial charge in [-0.25, -0.2) is 0 Å². The fraction of sp³-hybridized carbons (Fsp3) is 0.429. The van der Waals surface area contributed by atoms with Crippen molar-refractivity contribution in [3.63, 3.8) is 0 Å². The van der Waals surface area contributed by atoms with E-state index in [4.69, 9.17) is 0 Å². The van der Waals surface area contributed by atoms with Gasteiger partial charge in [-0.3, -0.25) is 9.59 Å². The molecule has 0 bridgehead atoms. The zero-order chi connectivity index (χ0) is 13.4. The lowest BCUT2D eigenvalue weighted by molar-refractivity contribution is -0.122. The average Bonchev–Trinajstić information content (AvgIpc) is 2.43. The summed E-state index contributed by atoms with van der Waals surface area (Å²) >= 11 is 0. The second-order valence-corrected chi connectivity index (χ2v) is 4.31. The molecule has 1 rings (SSSR count). The van der Waals surface area contributed by atoms with Crippen LogP contribution in [-0.4, -0.2) is 48.8 Å². The number of carbonyl (C=O) groups excluding carboxylic acids is 2. The normalized spacial score (nSPS) is 11.7. The molecule has 0 aliphatic heterocycles. The lowest BCUT2D eigenvalue weighted by Gasteiger charge is -2.28. The molecule has 1 aromatic carbocycles. The minimum absolute atomic E-state index is 0.00931. The summed E-state index contributed by atoms with van der Waals surface area (Å²) in [6.07, 6.45) is 2.39. The number of nitrogens with zero attached hydrogens (tertiary/aromatic N) is 2. The first-order chi connectivity index (χ1) is 8.71. The van der Waals surface area contributed by atoms with Crippen LogP contribution in [0.3, 0.4) is 0 Å². The SMILES string of the molecule is CCN(C=O)C[C@@H](Cc1ccccc1)N(C)C=O. The fourth-order valence-electron chi connectivity index (χ4n) is 1.83. The molecule has 1 atom stereocenters. The Bertz CT molecular complexity index is 367. The van der Waals surface area contributed by atoms with E-state index in [9.17, 15) is 9.59 Å². The smallest absolute Gasteiger partial charge is 0.209 e. The third-order valence-corrected chi connectivity index (χ3v) is 3.06. The predicted molar refractivity (Wildman–Crippen MR) is 71.1 cm³/mol. The van der Waals surface area contributed by atoms with Crippen molar-refractivity contribution in [2.24, 2.45) is 0 Å². The van der Waals surface area contributed by atoms with E-state index in [1.165, 1.54) is 0 Å². The van der Waals surface area contributed by atoms with Gasteiger partial charge in [-0.05, 0) is 18.9 Å². The first-order valence-corrected chi connectivity index (χ1v) is 6.11. The molecule has 0 aliphatic carbocycles. The first kappa shape index (κ1) is 14.2. The molecule has 18 heavy (non-hydrogen) atoms. The molecule has 4 heteroatoms. The summed E-state index contributed by atoms with van der Waals surface area (Å²) < 4.78 is 0. The standard InChI is InChI=1S/C14H20N2O2/c1-3-16(12-18)10-14(15(2)11-17)9-13-7-5-4-6-8-13/h4-8,11-12,14H,3,9-10H2,1-2H3/t14-/m1/s1. The van der Waals surface area contributed by atoms with E-state index in [1.807, 2.05) is 37.3 Å². The van der Waals surface area contributed by atoms with Crippen LogP contribution in [0.1, 0.15) is 12.5 Å². The van der Waals surface area contributed by atoms with Crippen LogP contribution in [0.25, 0.3) is 0 Å². The van der Waals surface area contributed by atoms with E-state index >= 15 is 0 Å². The molecule has 4 nitrogen and oxygen atoms in total. The Balaban J connectivity index is 2.72. The van der Waals surface area contributed by atoms with Crippen LogP contribution in [0.2, 0.25) is 0 Å². The molecule has 0 radical (unpaired) electrons. The summed E-state index contributed by atoms with van der Waals surface area (Å²) in [5.41, 5.74) is 1.16. The second kappa shape index (κ2) is 7.48.